The van der Waals surface area contributed by atoms with Crippen molar-refractivity contribution in [2.24, 2.45) is 0 Å². The molecular weight excluding hydrogens is 649 g/mol. The molecule has 53 heavy (non-hydrogen) atoms. The van der Waals surface area contributed by atoms with Crippen LogP contribution in [0.3, 0.4) is 0 Å². The molecule has 4 heterocycles. The summed E-state index contributed by atoms with van der Waals surface area (Å²) in [7, 11) is 0. The molecule has 1 aliphatic heterocycles. The summed E-state index contributed by atoms with van der Waals surface area (Å²) in [5.41, 5.74) is -2.12. The first kappa shape index (κ1) is 17.0. The van der Waals surface area contributed by atoms with Gasteiger partial charge in [-0.25, -0.2) is 0 Å². The summed E-state index contributed by atoms with van der Waals surface area (Å²) in [5, 5.41) is -0.866. The van der Waals surface area contributed by atoms with Crippen LogP contribution in [0.2, 0.25) is 0 Å². The second-order valence-electron chi connectivity index (χ2n) is 13.8. The zero-order valence-electron chi connectivity index (χ0n) is 47.4. The zero-order valence-corrected chi connectivity index (χ0v) is 28.4. The van der Waals surface area contributed by atoms with E-state index in [-0.39, 0.29) is 49.6 Å². The normalized spacial score (nSPS) is 24.7. The van der Waals surface area contributed by atoms with Crippen molar-refractivity contribution in [2.45, 2.75) is 50.5 Å². The van der Waals surface area contributed by atoms with Crippen LogP contribution in [0.25, 0.3) is 66.6 Å². The van der Waals surface area contributed by atoms with E-state index < -0.39 is 149 Å². The van der Waals surface area contributed by atoms with E-state index in [1.165, 1.54) is 0 Å². The van der Waals surface area contributed by atoms with Crippen LogP contribution >= 0.6 is 0 Å². The van der Waals surface area contributed by atoms with Crippen molar-refractivity contribution < 1.29 is 26.0 Å². The summed E-state index contributed by atoms with van der Waals surface area (Å²) >= 11 is 0. The summed E-state index contributed by atoms with van der Waals surface area (Å²) in [6.07, 6.45) is 3.00. The van der Waals surface area contributed by atoms with Gasteiger partial charge in [-0.3, -0.25) is 4.57 Å². The fourth-order valence-electron chi connectivity index (χ4n) is 8.64. The van der Waals surface area contributed by atoms with E-state index in [0.29, 0.717) is 12.1 Å². The van der Waals surface area contributed by atoms with Crippen molar-refractivity contribution in [3.8, 4) is 23.0 Å². The van der Waals surface area contributed by atoms with Crippen LogP contribution in [0.5, 0.6) is 0 Å². The topological polar surface area (TPSA) is 51.8 Å². The summed E-state index contributed by atoms with van der Waals surface area (Å²) in [6, 6.07) is -4.20. The van der Waals surface area contributed by atoms with E-state index in [1.54, 1.807) is 0 Å². The smallest absolute Gasteiger partial charge is 0.240 e. The molecule has 11 rings (SSSR count). The van der Waals surface area contributed by atoms with Crippen LogP contribution in [0.15, 0.2) is 145 Å². The van der Waals surface area contributed by atoms with Crippen molar-refractivity contribution in [1.29, 1.82) is 0 Å². The second-order valence-corrected chi connectivity index (χ2v) is 13.8. The Morgan fingerprint density at radius 1 is 0.528 bits per heavy atom. The van der Waals surface area contributed by atoms with Crippen LogP contribution in [-0.4, -0.2) is 29.6 Å². The minimum absolute atomic E-state index is 0.0925. The van der Waals surface area contributed by atoms with E-state index in [4.69, 9.17) is 32.8 Å². The fraction of sp³-hybridized carbons (Fsp3) is 0.170. The second kappa shape index (κ2) is 11.1. The molecule has 6 nitrogen and oxygen atoms in total. The average Bonchev–Trinajstić information content (AvgIpc) is 3.97. The lowest BCUT2D eigenvalue weighted by atomic mass is 9.61. The molecule has 0 saturated heterocycles. The van der Waals surface area contributed by atoms with Crippen molar-refractivity contribution >= 4 is 55.2 Å². The average molecular weight is 706 g/mol. The lowest BCUT2D eigenvalue weighted by molar-refractivity contribution is 0.193. The Balaban J connectivity index is 1.38. The third-order valence-electron chi connectivity index (χ3n) is 11.3. The van der Waals surface area contributed by atoms with Crippen LogP contribution < -0.4 is 4.90 Å². The molecule has 0 bridgehead atoms. The van der Waals surface area contributed by atoms with Crippen molar-refractivity contribution in [2.75, 3.05) is 4.90 Å². The van der Waals surface area contributed by atoms with E-state index >= 15 is 0 Å². The molecule has 6 aromatic carbocycles. The van der Waals surface area contributed by atoms with Gasteiger partial charge in [-0.1, -0.05) is 123 Å². The highest BCUT2D eigenvalue weighted by molar-refractivity contribution is 6.10. The van der Waals surface area contributed by atoms with Gasteiger partial charge in [0.2, 0.25) is 11.9 Å². The Labute approximate surface area is 334 Å². The van der Waals surface area contributed by atoms with Gasteiger partial charge in [0, 0.05) is 38.2 Å². The van der Waals surface area contributed by atoms with E-state index in [9.17, 15) is 8.22 Å². The third kappa shape index (κ3) is 4.12. The highest BCUT2D eigenvalue weighted by atomic mass is 15.4. The Kier molecular flexibility index (Phi) is 3.57. The van der Waals surface area contributed by atoms with Gasteiger partial charge in [0.1, 0.15) is 0 Å². The molecule has 0 spiro atoms. The minimum atomic E-state index is -0.814. The van der Waals surface area contributed by atoms with Gasteiger partial charge in [-0.15, -0.1) is 0 Å². The molecule has 0 amide bonds. The Morgan fingerprint density at radius 3 is 1.85 bits per heavy atom. The van der Waals surface area contributed by atoms with Gasteiger partial charge in [0.15, 0.2) is 5.82 Å². The van der Waals surface area contributed by atoms with Crippen LogP contribution in [-0.2, 0) is 5.41 Å². The lowest BCUT2D eigenvalue weighted by Gasteiger charge is -2.49. The fourth-order valence-corrected chi connectivity index (χ4v) is 8.64. The zero-order chi connectivity index (χ0) is 51.8. The van der Waals surface area contributed by atoms with E-state index in [1.807, 2.05) is 36.1 Å². The summed E-state index contributed by atoms with van der Waals surface area (Å²) in [4.78, 5) is 16.9. The van der Waals surface area contributed by atoms with Crippen LogP contribution in [0.4, 0.5) is 11.6 Å². The van der Waals surface area contributed by atoms with E-state index in [0.717, 1.165) is 40.0 Å². The molecule has 0 N–H and O–H groups in total. The summed E-state index contributed by atoms with van der Waals surface area (Å²) in [6.45, 7) is 4.17. The Morgan fingerprint density at radius 2 is 1.09 bits per heavy atom. The number of rotatable bonds is 4. The number of para-hydroxylation sites is 6. The number of hydrogen-bond acceptors (Lipinski definition) is 4. The molecule has 1 fully saturated rings. The third-order valence-corrected chi connectivity index (χ3v) is 11.3. The number of benzene rings is 6. The maximum absolute atomic E-state index is 9.69. The molecule has 1 aliphatic carbocycles. The standard InChI is InChI=1S/C47H38N6/c1-46-29-15-16-30-47(46,2)53(42-28-14-8-22-36(42)46)45-49-43(48-44(50-45)52-39-25-11-5-19-33(39)34-20-6-12-26-40(34)52)35-21-7-13-27-41(35)51-37-23-9-3-17-31(37)32-18-4-10-24-38(32)51/h3-14,17-28H,15-16,29-30H2,1-2H3/i3D,4D,5D,6D,7D,9D,10D,11D,12D,13D,17D,19D,20D,21D,23D,24D,25D,26D,27D. The highest BCUT2D eigenvalue weighted by Gasteiger charge is 2.58. The first-order chi connectivity index (χ1) is 33.9. The Bertz CT molecular complexity index is 3920. The maximum Gasteiger partial charge on any atom is 0.240 e. The summed E-state index contributed by atoms with van der Waals surface area (Å²) in [5.74, 6) is -1.15. The van der Waals surface area contributed by atoms with Gasteiger partial charge in [-0.2, -0.15) is 15.0 Å². The molecule has 2 unspecified atom stereocenters. The molecule has 3 aromatic heterocycles. The summed E-state index contributed by atoms with van der Waals surface area (Å²) < 4.78 is 173. The van der Waals surface area contributed by atoms with Gasteiger partial charge < -0.3 is 9.47 Å². The predicted octanol–water partition coefficient (Wildman–Crippen LogP) is 11.5. The molecule has 1 saturated carbocycles. The number of aromatic nitrogens is 5. The first-order valence-electron chi connectivity index (χ1n) is 26.7. The lowest BCUT2D eigenvalue weighted by Crippen LogP contribution is -2.55. The molecule has 9 aromatic rings. The maximum atomic E-state index is 9.69. The quantitative estimate of drug-likeness (QED) is 0.183. The van der Waals surface area contributed by atoms with Crippen molar-refractivity contribution in [3.05, 3.63) is 151 Å². The van der Waals surface area contributed by atoms with Gasteiger partial charge >= 0.3 is 0 Å². The number of anilines is 2. The van der Waals surface area contributed by atoms with Crippen LogP contribution in [0, 0.1) is 0 Å². The molecule has 0 radical (unpaired) electrons. The molecule has 2 atom stereocenters. The van der Waals surface area contributed by atoms with Crippen LogP contribution in [0.1, 0.15) is 71.1 Å². The number of nitrogens with zero attached hydrogens (tertiary/aromatic N) is 6. The van der Waals surface area contributed by atoms with Gasteiger partial charge in [-0.05, 0) is 67.6 Å². The molecule has 6 heteroatoms. The molecule has 2 aliphatic rings. The molecule has 256 valence electrons. The number of fused-ring (bicyclic) bond motifs is 9. The monoisotopic (exact) mass is 705 g/mol. The van der Waals surface area contributed by atoms with E-state index in [2.05, 4.69) is 6.92 Å². The first-order valence-corrected chi connectivity index (χ1v) is 17.2. The van der Waals surface area contributed by atoms with Crippen molar-refractivity contribution in [3.63, 3.8) is 0 Å². The van der Waals surface area contributed by atoms with Gasteiger partial charge in [0.25, 0.3) is 0 Å². The highest BCUT2D eigenvalue weighted by Crippen LogP contribution is 2.60. The van der Waals surface area contributed by atoms with Crippen molar-refractivity contribution in [1.82, 2.24) is 24.1 Å². The predicted molar refractivity (Wildman–Crippen MR) is 217 cm³/mol. The largest absolute Gasteiger partial charge is 0.309 e. The Hall–Kier alpha value is -6.27. The number of hydrogen-bond donors (Lipinski definition) is 0. The minimum Gasteiger partial charge on any atom is -0.309 e. The molecular formula is C47H38N6. The SMILES string of the molecule is [2H]c1cc2c3c([2H])c([2H])c([2H])c([2H])c3n(-c3c([2H])c([2H])c([2H])c([2H])c3-c3nc(N4c5ccccc5C5(C)CCCCC45C)nc(-n4c5c([2H])c([2H])c([2H])c([2H])c5c5c([2H])c([2H])c([2H])c([2H])c54)n3)c2c([2H])c1[2H]. The van der Waals surface area contributed by atoms with Gasteiger partial charge in [0.05, 0.1) is 59.3 Å².